The molecule has 1 amide bonds. The van der Waals surface area contributed by atoms with E-state index in [0.29, 0.717) is 10.9 Å². The van der Waals surface area contributed by atoms with Crippen LogP contribution in [-0.2, 0) is 16.3 Å². The molecule has 0 spiro atoms. The molecule has 0 aliphatic carbocycles. The number of rotatable bonds is 6. The smallest absolute Gasteiger partial charge is 0.327 e. The molecule has 0 fully saturated rings. The predicted octanol–water partition coefficient (Wildman–Crippen LogP) is 1.28. The predicted molar refractivity (Wildman–Crippen MR) is 100 cm³/mol. The molecule has 1 N–H and O–H groups in total. The molecule has 12 heteroatoms. The minimum Gasteiger partial charge on any atom is -0.441 e. The average Bonchev–Trinajstić information content (AvgIpc) is 2.71. The molecule has 0 saturated heterocycles. The number of benzene rings is 2. The van der Waals surface area contributed by atoms with Crippen LogP contribution in [0.15, 0.2) is 47.3 Å². The minimum atomic E-state index is -0.844. The number of esters is 1. The molecule has 11 nitrogen and oxygen atoms in total. The highest BCUT2D eigenvalue weighted by Gasteiger charge is 2.17. The molecule has 148 valence electrons. The summed E-state index contributed by atoms with van der Waals surface area (Å²) in [5.74, 6) is -1.58. The second kappa shape index (κ2) is 8.44. The summed E-state index contributed by atoms with van der Waals surface area (Å²) >= 11 is 5.69. The maximum Gasteiger partial charge on any atom is 0.327 e. The van der Waals surface area contributed by atoms with Gasteiger partial charge in [0.15, 0.2) is 6.73 Å². The molecule has 1 aromatic heterocycles. The minimum absolute atomic E-state index is 0.0504. The van der Waals surface area contributed by atoms with Gasteiger partial charge in [-0.1, -0.05) is 28.9 Å². The maximum atomic E-state index is 12.2. The van der Waals surface area contributed by atoms with Crippen LogP contribution in [0.5, 0.6) is 0 Å². The molecule has 0 saturated carbocycles. The SMILES string of the molecule is O=C(CNC(=O)c1ccc(Cl)c([N+](=O)[O-])c1)OCn1nnc2ccccc2c1=O. The van der Waals surface area contributed by atoms with Crippen molar-refractivity contribution in [2.24, 2.45) is 0 Å². The van der Waals surface area contributed by atoms with Crippen LogP contribution in [0.2, 0.25) is 5.02 Å². The van der Waals surface area contributed by atoms with Crippen molar-refractivity contribution in [2.45, 2.75) is 6.73 Å². The number of ether oxygens (including phenoxy) is 1. The Hall–Kier alpha value is -3.86. The van der Waals surface area contributed by atoms with E-state index in [4.69, 9.17) is 16.3 Å². The van der Waals surface area contributed by atoms with Crippen molar-refractivity contribution in [3.05, 3.63) is 73.5 Å². The molecule has 0 bridgehead atoms. The monoisotopic (exact) mass is 417 g/mol. The molecule has 0 aliphatic rings. The Morgan fingerprint density at radius 1 is 1.24 bits per heavy atom. The van der Waals surface area contributed by atoms with Gasteiger partial charge in [0.25, 0.3) is 17.2 Å². The number of fused-ring (bicyclic) bond motifs is 1. The molecular weight excluding hydrogens is 406 g/mol. The standard InChI is InChI=1S/C17H12ClN5O6/c18-12-6-5-10(7-14(12)23(27)28)16(25)19-8-15(24)29-9-22-17(26)11-3-1-2-4-13(11)20-21-22/h1-7H,8-9H2,(H,19,25). The summed E-state index contributed by atoms with van der Waals surface area (Å²) in [4.78, 5) is 46.3. The van der Waals surface area contributed by atoms with Gasteiger partial charge in [-0.15, -0.1) is 5.10 Å². The van der Waals surface area contributed by atoms with Crippen molar-refractivity contribution < 1.29 is 19.2 Å². The number of carbonyl (C=O) groups is 2. The summed E-state index contributed by atoms with van der Waals surface area (Å²) in [5, 5.41) is 20.8. The van der Waals surface area contributed by atoms with E-state index in [1.807, 2.05) is 0 Å². The van der Waals surface area contributed by atoms with E-state index in [1.165, 1.54) is 12.1 Å². The first-order valence-corrected chi connectivity index (χ1v) is 8.45. The van der Waals surface area contributed by atoms with Gasteiger partial charge >= 0.3 is 5.97 Å². The van der Waals surface area contributed by atoms with Crippen LogP contribution in [0, 0.1) is 10.1 Å². The maximum absolute atomic E-state index is 12.2. The van der Waals surface area contributed by atoms with Gasteiger partial charge in [0.1, 0.15) is 17.1 Å². The van der Waals surface area contributed by atoms with Crippen LogP contribution < -0.4 is 10.9 Å². The van der Waals surface area contributed by atoms with Gasteiger partial charge in [-0.25, -0.2) is 0 Å². The van der Waals surface area contributed by atoms with Crippen LogP contribution in [0.1, 0.15) is 10.4 Å². The third kappa shape index (κ3) is 4.52. The summed E-state index contributed by atoms with van der Waals surface area (Å²) in [5.41, 5.74) is -0.563. The quantitative estimate of drug-likeness (QED) is 0.358. The van der Waals surface area contributed by atoms with Crippen LogP contribution in [0.3, 0.4) is 0 Å². The van der Waals surface area contributed by atoms with Gasteiger partial charge in [0.05, 0.1) is 10.3 Å². The Balaban J connectivity index is 1.59. The van der Waals surface area contributed by atoms with E-state index in [1.54, 1.807) is 24.3 Å². The zero-order chi connectivity index (χ0) is 21.0. The number of amides is 1. The summed E-state index contributed by atoms with van der Waals surface area (Å²) in [6.45, 7) is -1.01. The second-order valence-corrected chi connectivity index (χ2v) is 6.07. The number of nitro groups is 1. The molecule has 3 rings (SSSR count). The van der Waals surface area contributed by atoms with E-state index in [9.17, 15) is 24.5 Å². The third-order valence-corrected chi connectivity index (χ3v) is 4.10. The third-order valence-electron chi connectivity index (χ3n) is 3.78. The van der Waals surface area contributed by atoms with Crippen LogP contribution in [0.4, 0.5) is 5.69 Å². The first-order valence-electron chi connectivity index (χ1n) is 8.07. The first-order chi connectivity index (χ1) is 13.9. The lowest BCUT2D eigenvalue weighted by molar-refractivity contribution is -0.384. The Labute approximate surface area is 167 Å². The van der Waals surface area contributed by atoms with Crippen molar-refractivity contribution in [3.8, 4) is 0 Å². The molecule has 3 aromatic rings. The Morgan fingerprint density at radius 3 is 2.76 bits per heavy atom. The van der Waals surface area contributed by atoms with E-state index in [-0.39, 0.29) is 10.6 Å². The summed E-state index contributed by atoms with van der Waals surface area (Å²) in [6, 6.07) is 10.0. The Morgan fingerprint density at radius 2 is 2.00 bits per heavy atom. The number of nitrogens with zero attached hydrogens (tertiary/aromatic N) is 4. The van der Waals surface area contributed by atoms with Crippen molar-refractivity contribution in [3.63, 3.8) is 0 Å². The number of halogens is 1. The van der Waals surface area contributed by atoms with Gasteiger partial charge in [0.2, 0.25) is 0 Å². The van der Waals surface area contributed by atoms with Crippen molar-refractivity contribution in [1.29, 1.82) is 0 Å². The lowest BCUT2D eigenvalue weighted by Crippen LogP contribution is -2.32. The summed E-state index contributed by atoms with van der Waals surface area (Å²) in [7, 11) is 0. The zero-order valence-corrected chi connectivity index (χ0v) is 15.3. The van der Waals surface area contributed by atoms with E-state index in [0.717, 1.165) is 10.7 Å². The fraction of sp³-hybridized carbons (Fsp3) is 0.118. The van der Waals surface area contributed by atoms with Gasteiger partial charge in [0, 0.05) is 11.6 Å². The highest BCUT2D eigenvalue weighted by atomic mass is 35.5. The number of nitrogens with one attached hydrogen (secondary N) is 1. The average molecular weight is 418 g/mol. The molecule has 2 aromatic carbocycles. The molecule has 1 heterocycles. The highest BCUT2D eigenvalue weighted by Crippen LogP contribution is 2.24. The second-order valence-electron chi connectivity index (χ2n) is 5.66. The Kier molecular flexibility index (Phi) is 5.79. The molecule has 0 aliphatic heterocycles. The fourth-order valence-corrected chi connectivity index (χ4v) is 2.53. The van der Waals surface area contributed by atoms with E-state index >= 15 is 0 Å². The Bertz CT molecular complexity index is 1180. The first kappa shape index (κ1) is 19.9. The molecular formula is C17H12ClN5O6. The van der Waals surface area contributed by atoms with Crippen LogP contribution >= 0.6 is 11.6 Å². The molecule has 0 unspecified atom stereocenters. The van der Waals surface area contributed by atoms with Crippen molar-refractivity contribution in [1.82, 2.24) is 20.3 Å². The van der Waals surface area contributed by atoms with E-state index in [2.05, 4.69) is 15.6 Å². The topological polar surface area (TPSA) is 146 Å². The number of nitro benzene ring substituents is 1. The number of hydrogen-bond acceptors (Lipinski definition) is 8. The summed E-state index contributed by atoms with van der Waals surface area (Å²) < 4.78 is 5.77. The molecule has 0 atom stereocenters. The number of carbonyl (C=O) groups excluding carboxylic acids is 2. The number of hydrogen-bond donors (Lipinski definition) is 1. The van der Waals surface area contributed by atoms with E-state index < -0.39 is 41.3 Å². The summed E-state index contributed by atoms with van der Waals surface area (Å²) in [6.07, 6.45) is 0. The lowest BCUT2D eigenvalue weighted by Gasteiger charge is -2.08. The van der Waals surface area contributed by atoms with Gasteiger partial charge < -0.3 is 10.1 Å². The largest absolute Gasteiger partial charge is 0.441 e. The van der Waals surface area contributed by atoms with Gasteiger partial charge in [-0.05, 0) is 24.3 Å². The van der Waals surface area contributed by atoms with Crippen molar-refractivity contribution >= 4 is 40.1 Å². The van der Waals surface area contributed by atoms with Gasteiger partial charge in [-0.3, -0.25) is 24.5 Å². The molecule has 29 heavy (non-hydrogen) atoms. The zero-order valence-electron chi connectivity index (χ0n) is 14.6. The lowest BCUT2D eigenvalue weighted by atomic mass is 10.2. The fourth-order valence-electron chi connectivity index (χ4n) is 2.34. The normalized spacial score (nSPS) is 10.5. The number of aromatic nitrogens is 3. The van der Waals surface area contributed by atoms with Crippen LogP contribution in [-0.4, -0.2) is 38.3 Å². The highest BCUT2D eigenvalue weighted by molar-refractivity contribution is 6.32. The molecule has 0 radical (unpaired) electrons. The van der Waals surface area contributed by atoms with Gasteiger partial charge in [-0.2, -0.15) is 4.68 Å². The van der Waals surface area contributed by atoms with Crippen molar-refractivity contribution in [2.75, 3.05) is 6.54 Å². The van der Waals surface area contributed by atoms with Crippen LogP contribution in [0.25, 0.3) is 10.9 Å².